The van der Waals surface area contributed by atoms with Gasteiger partial charge in [-0.1, -0.05) is 0 Å². The lowest BCUT2D eigenvalue weighted by Crippen LogP contribution is -2.21. The van der Waals surface area contributed by atoms with E-state index >= 15 is 0 Å². The Hall–Kier alpha value is -2.50. The molecule has 6 nitrogen and oxygen atoms in total. The van der Waals surface area contributed by atoms with Gasteiger partial charge in [0.25, 0.3) is 0 Å². The summed E-state index contributed by atoms with van der Waals surface area (Å²) in [4.78, 5) is 11.7. The van der Waals surface area contributed by atoms with Crippen LogP contribution in [0.5, 0.6) is 5.75 Å². The molecule has 0 atom stereocenters. The lowest BCUT2D eigenvalue weighted by Gasteiger charge is -2.06. The van der Waals surface area contributed by atoms with Gasteiger partial charge in [0.15, 0.2) is 0 Å². The third kappa shape index (κ3) is 3.74. The van der Waals surface area contributed by atoms with E-state index in [2.05, 4.69) is 15.7 Å². The number of hydrogen-bond acceptors (Lipinski definition) is 4. The number of aryl methyl sites for hydroxylation is 1. The van der Waals surface area contributed by atoms with Crippen LogP contribution in [0.3, 0.4) is 0 Å². The zero-order valence-electron chi connectivity index (χ0n) is 10.9. The Morgan fingerprint density at radius 3 is 2.63 bits per heavy atom. The molecule has 1 heterocycles. The molecule has 0 saturated heterocycles. The molecular weight excluding hydrogens is 244 g/mol. The molecule has 6 heteroatoms. The lowest BCUT2D eigenvalue weighted by atomic mass is 10.3. The average Bonchev–Trinajstić information content (AvgIpc) is 2.83. The number of nitrogens with one attached hydrogen (secondary N) is 2. The first-order valence-corrected chi connectivity index (χ1v) is 5.85. The Labute approximate surface area is 111 Å². The van der Waals surface area contributed by atoms with E-state index in [0.29, 0.717) is 5.82 Å². The third-order valence-electron chi connectivity index (χ3n) is 2.52. The normalized spacial score (nSPS) is 10.0. The molecule has 0 unspecified atom stereocenters. The topological polar surface area (TPSA) is 68.2 Å². The van der Waals surface area contributed by atoms with Gasteiger partial charge in [-0.15, -0.1) is 0 Å². The molecule has 0 bridgehead atoms. The zero-order chi connectivity index (χ0) is 13.7. The van der Waals surface area contributed by atoms with Crippen LogP contribution in [-0.2, 0) is 11.8 Å². The molecule has 0 fully saturated rings. The second-order valence-corrected chi connectivity index (χ2v) is 4.00. The van der Waals surface area contributed by atoms with Crippen LogP contribution in [0.25, 0.3) is 0 Å². The fourth-order valence-electron chi connectivity index (χ4n) is 1.56. The van der Waals surface area contributed by atoms with Crippen molar-refractivity contribution < 1.29 is 9.53 Å². The van der Waals surface area contributed by atoms with E-state index in [9.17, 15) is 4.79 Å². The molecule has 0 spiro atoms. The summed E-state index contributed by atoms with van der Waals surface area (Å²) in [5.41, 5.74) is 0.730. The first kappa shape index (κ1) is 12.9. The van der Waals surface area contributed by atoms with Gasteiger partial charge in [0.1, 0.15) is 11.6 Å². The van der Waals surface area contributed by atoms with Crippen LogP contribution in [0.15, 0.2) is 36.5 Å². The predicted octanol–water partition coefficient (Wildman–Crippen LogP) is 1.48. The summed E-state index contributed by atoms with van der Waals surface area (Å²) in [6.07, 6.45) is 1.81. The van der Waals surface area contributed by atoms with Gasteiger partial charge in [0, 0.05) is 25.0 Å². The Morgan fingerprint density at radius 1 is 1.32 bits per heavy atom. The highest BCUT2D eigenvalue weighted by Gasteiger charge is 2.03. The monoisotopic (exact) mass is 260 g/mol. The SMILES string of the molecule is COc1ccc(NC(=O)CNc2ccn(C)n2)cc1. The van der Waals surface area contributed by atoms with Gasteiger partial charge in [-0.3, -0.25) is 9.48 Å². The Kier molecular flexibility index (Phi) is 4.02. The zero-order valence-corrected chi connectivity index (χ0v) is 10.9. The molecule has 2 rings (SSSR count). The molecule has 2 N–H and O–H groups in total. The van der Waals surface area contributed by atoms with Gasteiger partial charge in [-0.2, -0.15) is 5.10 Å². The summed E-state index contributed by atoms with van der Waals surface area (Å²) in [6.45, 7) is 0.170. The average molecular weight is 260 g/mol. The second kappa shape index (κ2) is 5.90. The van der Waals surface area contributed by atoms with Crippen molar-refractivity contribution in [2.75, 3.05) is 24.3 Å². The molecule has 19 heavy (non-hydrogen) atoms. The van der Waals surface area contributed by atoms with E-state index in [1.807, 2.05) is 13.2 Å². The van der Waals surface area contributed by atoms with Crippen LogP contribution >= 0.6 is 0 Å². The number of carbonyl (C=O) groups excluding carboxylic acids is 1. The van der Waals surface area contributed by atoms with Crippen molar-refractivity contribution in [3.63, 3.8) is 0 Å². The minimum absolute atomic E-state index is 0.129. The first-order valence-electron chi connectivity index (χ1n) is 5.85. The van der Waals surface area contributed by atoms with Crippen molar-refractivity contribution in [2.24, 2.45) is 7.05 Å². The number of hydrogen-bond donors (Lipinski definition) is 2. The largest absolute Gasteiger partial charge is 0.497 e. The fourth-order valence-corrected chi connectivity index (χ4v) is 1.56. The second-order valence-electron chi connectivity index (χ2n) is 4.00. The predicted molar refractivity (Wildman–Crippen MR) is 73.3 cm³/mol. The van der Waals surface area contributed by atoms with Gasteiger partial charge < -0.3 is 15.4 Å². The van der Waals surface area contributed by atoms with E-state index in [4.69, 9.17) is 4.74 Å². The molecular formula is C13H16N4O2. The number of ether oxygens (including phenoxy) is 1. The standard InChI is InChI=1S/C13H16N4O2/c1-17-8-7-12(16-17)14-9-13(18)15-10-3-5-11(19-2)6-4-10/h3-8H,9H2,1-2H3,(H,14,16)(H,15,18). The lowest BCUT2D eigenvalue weighted by molar-refractivity contribution is -0.114. The molecule has 0 radical (unpaired) electrons. The number of carbonyl (C=O) groups is 1. The van der Waals surface area contributed by atoms with Gasteiger partial charge in [-0.25, -0.2) is 0 Å². The number of aromatic nitrogens is 2. The molecule has 0 aliphatic rings. The van der Waals surface area contributed by atoms with E-state index in [1.54, 1.807) is 42.1 Å². The maximum Gasteiger partial charge on any atom is 0.243 e. The molecule has 1 aromatic heterocycles. The Morgan fingerprint density at radius 2 is 2.05 bits per heavy atom. The summed E-state index contributed by atoms with van der Waals surface area (Å²) < 4.78 is 6.72. The van der Waals surface area contributed by atoms with Gasteiger partial charge >= 0.3 is 0 Å². The van der Waals surface area contributed by atoms with Gasteiger partial charge in [-0.05, 0) is 24.3 Å². The highest BCUT2D eigenvalue weighted by molar-refractivity contribution is 5.93. The molecule has 2 aromatic rings. The van der Waals surface area contributed by atoms with Crippen molar-refractivity contribution in [3.8, 4) is 5.75 Å². The van der Waals surface area contributed by atoms with Gasteiger partial charge in [0.05, 0.1) is 13.7 Å². The molecule has 100 valence electrons. The van der Waals surface area contributed by atoms with E-state index in [-0.39, 0.29) is 12.5 Å². The quantitative estimate of drug-likeness (QED) is 0.854. The number of anilines is 2. The van der Waals surface area contributed by atoms with Crippen LogP contribution in [0, 0.1) is 0 Å². The smallest absolute Gasteiger partial charge is 0.243 e. The summed E-state index contributed by atoms with van der Waals surface area (Å²) in [5.74, 6) is 1.30. The molecule has 1 aromatic carbocycles. The van der Waals surface area contributed by atoms with Crippen molar-refractivity contribution in [1.29, 1.82) is 0 Å². The molecule has 0 aliphatic heterocycles. The maximum absolute atomic E-state index is 11.7. The first-order chi connectivity index (χ1) is 9.17. The van der Waals surface area contributed by atoms with Crippen LogP contribution in [-0.4, -0.2) is 29.3 Å². The minimum atomic E-state index is -0.129. The Balaban J connectivity index is 1.83. The number of rotatable bonds is 5. The Bertz CT molecular complexity index is 548. The summed E-state index contributed by atoms with van der Waals surface area (Å²) in [5, 5.41) is 9.84. The maximum atomic E-state index is 11.7. The van der Waals surface area contributed by atoms with Crippen molar-refractivity contribution in [3.05, 3.63) is 36.5 Å². The van der Waals surface area contributed by atoms with E-state index in [1.165, 1.54) is 0 Å². The molecule has 0 aliphatic carbocycles. The fraction of sp³-hybridized carbons (Fsp3) is 0.231. The molecule has 0 saturated carbocycles. The number of nitrogens with zero attached hydrogens (tertiary/aromatic N) is 2. The van der Waals surface area contributed by atoms with Crippen LogP contribution < -0.4 is 15.4 Å². The highest BCUT2D eigenvalue weighted by atomic mass is 16.5. The van der Waals surface area contributed by atoms with E-state index < -0.39 is 0 Å². The third-order valence-corrected chi connectivity index (χ3v) is 2.52. The van der Waals surface area contributed by atoms with Gasteiger partial charge in [0.2, 0.25) is 5.91 Å². The van der Waals surface area contributed by atoms with Crippen LogP contribution in [0.1, 0.15) is 0 Å². The van der Waals surface area contributed by atoms with Crippen LogP contribution in [0.4, 0.5) is 11.5 Å². The summed E-state index contributed by atoms with van der Waals surface area (Å²) in [7, 11) is 3.42. The van der Waals surface area contributed by atoms with Crippen molar-refractivity contribution >= 4 is 17.4 Å². The number of benzene rings is 1. The highest BCUT2D eigenvalue weighted by Crippen LogP contribution is 2.14. The number of methoxy groups -OCH3 is 1. The minimum Gasteiger partial charge on any atom is -0.497 e. The summed E-state index contributed by atoms with van der Waals surface area (Å²) in [6, 6.07) is 8.97. The molecule has 1 amide bonds. The van der Waals surface area contributed by atoms with Crippen LogP contribution in [0.2, 0.25) is 0 Å². The van der Waals surface area contributed by atoms with Crippen molar-refractivity contribution in [1.82, 2.24) is 9.78 Å². The van der Waals surface area contributed by atoms with Crippen molar-refractivity contribution in [2.45, 2.75) is 0 Å². The summed E-state index contributed by atoms with van der Waals surface area (Å²) >= 11 is 0. The number of amides is 1. The van der Waals surface area contributed by atoms with E-state index in [0.717, 1.165) is 11.4 Å².